The van der Waals surface area contributed by atoms with Crippen molar-refractivity contribution in [2.24, 2.45) is 0 Å². The Hall–Kier alpha value is -1.35. The monoisotopic (exact) mass is 193 g/mol. The van der Waals surface area contributed by atoms with Crippen molar-refractivity contribution >= 4 is 6.72 Å². The van der Waals surface area contributed by atoms with Gasteiger partial charge in [0.2, 0.25) is 0 Å². The van der Waals surface area contributed by atoms with Crippen LogP contribution in [0.2, 0.25) is 0 Å². The molecule has 0 saturated heterocycles. The fourth-order valence-corrected chi connectivity index (χ4v) is 1.18. The van der Waals surface area contributed by atoms with Gasteiger partial charge in [-0.3, -0.25) is 0 Å². The molecule has 0 bridgehead atoms. The summed E-state index contributed by atoms with van der Waals surface area (Å²) in [7, 11) is 0. The van der Waals surface area contributed by atoms with Crippen molar-refractivity contribution in [2.45, 2.75) is 25.5 Å². The van der Waals surface area contributed by atoms with Gasteiger partial charge in [-0.15, -0.1) is 0 Å². The number of benzene rings is 1. The number of aliphatic hydroxyl groups is 1. The van der Waals surface area contributed by atoms with Gasteiger partial charge in [0.1, 0.15) is 12.8 Å². The molecule has 3 nitrogen and oxygen atoms in total. The van der Waals surface area contributed by atoms with Crippen molar-refractivity contribution in [1.82, 2.24) is 0 Å². The minimum absolute atomic E-state index is 0.532. The van der Waals surface area contributed by atoms with Crippen LogP contribution in [0.3, 0.4) is 0 Å². The quantitative estimate of drug-likeness (QED) is 0.344. The van der Waals surface area contributed by atoms with E-state index < -0.39 is 11.6 Å². The molecule has 1 unspecified atom stereocenters. The average molecular weight is 193 g/mol. The number of rotatable bonds is 3. The summed E-state index contributed by atoms with van der Waals surface area (Å²) in [5.74, 6) is 0. The van der Waals surface area contributed by atoms with Gasteiger partial charge < -0.3 is 10.3 Å². The maximum atomic E-state index is 11.1. The molecule has 0 aliphatic carbocycles. The highest BCUT2D eigenvalue weighted by atomic mass is 16.5. The van der Waals surface area contributed by atoms with Crippen molar-refractivity contribution in [2.75, 3.05) is 0 Å². The molecule has 0 amide bonds. The maximum absolute atomic E-state index is 11.1. The van der Waals surface area contributed by atoms with E-state index >= 15 is 0 Å². The highest BCUT2D eigenvalue weighted by Gasteiger charge is 2.35. The SMILES string of the molecule is C=[N+]([O-])C(C)(C)C(O)c1ccccc1. The smallest absolute Gasteiger partial charge is 0.196 e. The molecule has 1 aromatic carbocycles. The third-order valence-electron chi connectivity index (χ3n) is 2.43. The van der Waals surface area contributed by atoms with E-state index in [4.69, 9.17) is 0 Å². The molecule has 0 aliphatic rings. The molecule has 0 spiro atoms. The number of hydrogen-bond donors (Lipinski definition) is 1. The second kappa shape index (κ2) is 3.80. The molecule has 14 heavy (non-hydrogen) atoms. The Morgan fingerprint density at radius 2 is 1.86 bits per heavy atom. The van der Waals surface area contributed by atoms with Crippen molar-refractivity contribution in [3.8, 4) is 0 Å². The summed E-state index contributed by atoms with van der Waals surface area (Å²) < 4.78 is 0.532. The molecule has 1 rings (SSSR count). The summed E-state index contributed by atoms with van der Waals surface area (Å²) in [6.07, 6.45) is -0.835. The molecule has 0 fully saturated rings. The van der Waals surface area contributed by atoms with E-state index in [0.717, 1.165) is 5.56 Å². The summed E-state index contributed by atoms with van der Waals surface area (Å²) in [6, 6.07) is 9.09. The van der Waals surface area contributed by atoms with Crippen molar-refractivity contribution in [3.63, 3.8) is 0 Å². The normalized spacial score (nSPS) is 13.6. The maximum Gasteiger partial charge on any atom is 0.196 e. The van der Waals surface area contributed by atoms with Crippen LogP contribution in [-0.4, -0.2) is 22.1 Å². The number of aliphatic hydroxyl groups excluding tert-OH is 1. The van der Waals surface area contributed by atoms with Crippen molar-refractivity contribution < 1.29 is 9.85 Å². The van der Waals surface area contributed by atoms with Crippen LogP contribution in [0.15, 0.2) is 30.3 Å². The molecule has 3 heteroatoms. The minimum atomic E-state index is -0.915. The summed E-state index contributed by atoms with van der Waals surface area (Å²) in [5, 5.41) is 21.1. The Morgan fingerprint density at radius 1 is 1.36 bits per heavy atom. The zero-order chi connectivity index (χ0) is 10.8. The first-order chi connectivity index (χ1) is 6.46. The largest absolute Gasteiger partial charge is 0.624 e. The van der Waals surface area contributed by atoms with E-state index in [1.54, 1.807) is 26.0 Å². The van der Waals surface area contributed by atoms with Crippen LogP contribution in [0.1, 0.15) is 25.5 Å². The number of hydroxylamine groups is 1. The van der Waals surface area contributed by atoms with E-state index in [1.807, 2.05) is 18.2 Å². The van der Waals surface area contributed by atoms with E-state index in [2.05, 4.69) is 6.72 Å². The van der Waals surface area contributed by atoms with Crippen molar-refractivity contribution in [3.05, 3.63) is 41.1 Å². The fourth-order valence-electron chi connectivity index (χ4n) is 1.18. The summed E-state index contributed by atoms with van der Waals surface area (Å²) in [6.45, 7) is 6.59. The molecule has 1 atom stereocenters. The van der Waals surface area contributed by atoms with E-state index in [1.165, 1.54) is 0 Å². The summed E-state index contributed by atoms with van der Waals surface area (Å²) in [5.41, 5.74) is -0.191. The van der Waals surface area contributed by atoms with Gasteiger partial charge in [0.25, 0.3) is 0 Å². The lowest BCUT2D eigenvalue weighted by Crippen LogP contribution is -2.38. The third-order valence-corrected chi connectivity index (χ3v) is 2.43. The van der Waals surface area contributed by atoms with Gasteiger partial charge in [0, 0.05) is 13.8 Å². The van der Waals surface area contributed by atoms with Gasteiger partial charge in [0.15, 0.2) is 5.54 Å². The lowest BCUT2D eigenvalue weighted by atomic mass is 9.92. The van der Waals surface area contributed by atoms with Crippen LogP contribution in [0.25, 0.3) is 0 Å². The molecule has 1 aromatic rings. The molecule has 1 N–H and O–H groups in total. The molecular weight excluding hydrogens is 178 g/mol. The van der Waals surface area contributed by atoms with Gasteiger partial charge in [0.05, 0.1) is 0 Å². The van der Waals surface area contributed by atoms with E-state index in [9.17, 15) is 10.3 Å². The Kier molecular flexibility index (Phi) is 2.91. The Balaban J connectivity index is 2.96. The highest BCUT2D eigenvalue weighted by Crippen LogP contribution is 2.27. The fraction of sp³-hybridized carbons (Fsp3) is 0.364. The molecule has 0 aliphatic heterocycles. The summed E-state index contributed by atoms with van der Waals surface area (Å²) in [4.78, 5) is 0. The molecule has 0 heterocycles. The van der Waals surface area contributed by atoms with Gasteiger partial charge in [-0.05, 0) is 5.56 Å². The second-order valence-corrected chi connectivity index (χ2v) is 3.85. The van der Waals surface area contributed by atoms with Crippen LogP contribution in [0.4, 0.5) is 0 Å². The first-order valence-electron chi connectivity index (χ1n) is 4.47. The Labute approximate surface area is 83.9 Å². The third kappa shape index (κ3) is 1.93. The zero-order valence-corrected chi connectivity index (χ0v) is 8.47. The molecule has 0 aromatic heterocycles. The Bertz CT molecular complexity index is 319. The highest BCUT2D eigenvalue weighted by molar-refractivity contribution is 5.21. The molecule has 0 radical (unpaired) electrons. The van der Waals surface area contributed by atoms with Gasteiger partial charge in [-0.2, -0.15) is 0 Å². The lowest BCUT2D eigenvalue weighted by Gasteiger charge is -2.28. The lowest BCUT2D eigenvalue weighted by molar-refractivity contribution is -0.548. The first kappa shape index (κ1) is 10.7. The minimum Gasteiger partial charge on any atom is -0.624 e. The van der Waals surface area contributed by atoms with Crippen LogP contribution < -0.4 is 0 Å². The van der Waals surface area contributed by atoms with Crippen LogP contribution >= 0.6 is 0 Å². The second-order valence-electron chi connectivity index (χ2n) is 3.85. The van der Waals surface area contributed by atoms with Gasteiger partial charge in [-0.25, -0.2) is 4.74 Å². The van der Waals surface area contributed by atoms with E-state index in [-0.39, 0.29) is 0 Å². The predicted molar refractivity (Wildman–Crippen MR) is 56.2 cm³/mol. The molecular formula is C11H15NO2. The average Bonchev–Trinajstić information content (AvgIpc) is 2.17. The predicted octanol–water partition coefficient (Wildman–Crippen LogP) is 1.71. The van der Waals surface area contributed by atoms with Gasteiger partial charge >= 0.3 is 0 Å². The standard InChI is InChI=1S/C11H15NO2/c1-11(2,12(3)14)10(13)9-7-5-4-6-8-9/h4-8,10,13H,3H2,1-2H3. The Morgan fingerprint density at radius 3 is 2.29 bits per heavy atom. The number of nitrogens with zero attached hydrogens (tertiary/aromatic N) is 1. The number of hydrogen-bond acceptors (Lipinski definition) is 2. The zero-order valence-electron chi connectivity index (χ0n) is 8.47. The van der Waals surface area contributed by atoms with Crippen molar-refractivity contribution in [1.29, 1.82) is 0 Å². The first-order valence-corrected chi connectivity index (χ1v) is 4.47. The van der Waals surface area contributed by atoms with Crippen LogP contribution in [-0.2, 0) is 0 Å². The van der Waals surface area contributed by atoms with Gasteiger partial charge in [-0.1, -0.05) is 30.3 Å². The topological polar surface area (TPSA) is 46.3 Å². The molecule has 76 valence electrons. The summed E-state index contributed by atoms with van der Waals surface area (Å²) >= 11 is 0. The molecule has 0 saturated carbocycles. The van der Waals surface area contributed by atoms with Crippen LogP contribution in [0.5, 0.6) is 0 Å². The van der Waals surface area contributed by atoms with E-state index in [0.29, 0.717) is 4.74 Å². The van der Waals surface area contributed by atoms with Crippen LogP contribution in [0, 0.1) is 5.21 Å².